The Balaban J connectivity index is 0.0000110. The van der Waals surface area contributed by atoms with Crippen molar-refractivity contribution in [2.24, 2.45) is 25.6 Å². The van der Waals surface area contributed by atoms with Gasteiger partial charge in [0.05, 0.1) is 62.7 Å². The van der Waals surface area contributed by atoms with Crippen LogP contribution in [0.4, 0.5) is 34.1 Å². The van der Waals surface area contributed by atoms with Crippen LogP contribution >= 0.6 is 36.1 Å². The molecule has 0 aliphatic carbocycles. The fourth-order valence-electron chi connectivity index (χ4n) is 8.04. The zero-order valence-corrected chi connectivity index (χ0v) is 48.6. The van der Waals surface area contributed by atoms with Gasteiger partial charge in [0.25, 0.3) is 40.5 Å². The fraction of sp³-hybridized carbons (Fsp3) is 0.0204. The molecule has 0 amide bonds. The van der Waals surface area contributed by atoms with E-state index < -0.39 is 88.3 Å². The quantitative estimate of drug-likeness (QED) is 0.00541. The van der Waals surface area contributed by atoms with E-state index in [1.54, 1.807) is 13.0 Å². The van der Waals surface area contributed by atoms with E-state index in [1.165, 1.54) is 72.8 Å². The Morgan fingerprint density at radius 2 is 0.954 bits per heavy atom. The first-order chi connectivity index (χ1) is 41.1. The van der Waals surface area contributed by atoms with Crippen LogP contribution in [-0.2, 0) is 68.6 Å². The number of aryl methyl sites for hydroxylation is 1. The summed E-state index contributed by atoms with van der Waals surface area (Å²) in [5.41, 5.74) is -1.37. The minimum absolute atomic E-state index is 0. The Morgan fingerprint density at radius 3 is 1.52 bits per heavy atom. The Labute approximate surface area is 503 Å². The number of hydrogen-bond acceptors (Lipinski definition) is 29. The Morgan fingerprint density at radius 1 is 0.471 bits per heavy atom. The first-order valence-electron chi connectivity index (χ1n) is 23.2. The maximum atomic E-state index is 13.5. The third kappa shape index (κ3) is 15.4. The van der Waals surface area contributed by atoms with Crippen LogP contribution < -0.4 is 0 Å². The lowest BCUT2D eigenvalue weighted by Gasteiger charge is -2.12. The van der Waals surface area contributed by atoms with Crippen molar-refractivity contribution in [3.8, 4) is 17.2 Å². The summed E-state index contributed by atoms with van der Waals surface area (Å²) < 4.78 is 153. The SMILES string of the molecule is Cc1ccc(O)c2c(O)c(N=Nc3ccc(/C=C/c4ccc(N=[N+]([O-])c5ccc(/C=C/c6ccc(N=Nc7c(S(=O)(=O)O)cc8c(S(=O)(=O)O)cccc8c7O)cc6S(=O)(=O)O)c(SOOO)c5)cc4S(=O)(=O)O)c(SOOO)c3)c(SOOO)cc12.[HH]. The van der Waals surface area contributed by atoms with Crippen LogP contribution in [0.25, 0.3) is 45.8 Å². The summed E-state index contributed by atoms with van der Waals surface area (Å²) in [7, 11) is -20.5. The minimum Gasteiger partial charge on any atom is -0.594 e. The molecule has 0 spiro atoms. The smallest absolute Gasteiger partial charge is 0.296 e. The monoisotopic (exact) mass is 1330 g/mol. The van der Waals surface area contributed by atoms with Gasteiger partial charge >= 0.3 is 0 Å². The van der Waals surface area contributed by atoms with Gasteiger partial charge in [-0.2, -0.15) is 43.9 Å². The molecule has 456 valence electrons. The Kier molecular flexibility index (Phi) is 20.2. The van der Waals surface area contributed by atoms with Gasteiger partial charge in [0.15, 0.2) is 11.5 Å². The molecule has 0 aliphatic rings. The standard InChI is InChI=1S/C49H36N6O25S7.H2/c1-25-5-18-37(56)45-35(25)23-40(83-80-77-62)46(49(45)58)52-50-30-14-10-26(38(19-30)81-78-75-60)6-8-29-12-16-32(21-43(29)86(69,70)71)54-55(59)33-17-13-27(39(22-33)82-79-76-61)7-9-28-11-15-31(20-42(28)85(66,67)68)51-53-47-44(87(72,73)74)24-36-34(48(47)57)3-2-4-41(36)84(63,64)65;/h2-24,56-58,60-62H,1H3,(H,63,64,65)(H,66,67,68)(H,69,70,71)(H,72,73,74);1H/b8-6+,9-7+,52-50?,53-51?,55-54?;. The largest absolute Gasteiger partial charge is 0.594 e. The fourth-order valence-corrected chi connectivity index (χ4v) is 12.3. The van der Waals surface area contributed by atoms with Gasteiger partial charge in [-0.3, -0.25) is 18.2 Å². The van der Waals surface area contributed by atoms with Crippen molar-refractivity contribution < 1.29 is 117 Å². The molecular formula is C49H38N6O25S7. The number of hydrogen-bond donors (Lipinski definition) is 10. The van der Waals surface area contributed by atoms with Crippen molar-refractivity contribution in [2.45, 2.75) is 41.2 Å². The van der Waals surface area contributed by atoms with Crippen LogP contribution in [0.2, 0.25) is 0 Å². The number of rotatable bonds is 23. The molecule has 0 heterocycles. The van der Waals surface area contributed by atoms with Gasteiger partial charge in [-0.05, 0) is 107 Å². The van der Waals surface area contributed by atoms with Crippen LogP contribution in [0.1, 0.15) is 29.2 Å². The van der Waals surface area contributed by atoms with Gasteiger partial charge in [0.2, 0.25) is 5.69 Å². The Hall–Kier alpha value is -7.91. The maximum Gasteiger partial charge on any atom is 0.296 e. The number of nitrogens with zero attached hydrogens (tertiary/aromatic N) is 6. The lowest BCUT2D eigenvalue weighted by Crippen LogP contribution is -2.02. The molecule has 0 aliphatic heterocycles. The predicted octanol–water partition coefficient (Wildman–Crippen LogP) is 13.0. The molecule has 0 bridgehead atoms. The molecule has 0 unspecified atom stereocenters. The third-order valence-electron chi connectivity index (χ3n) is 11.9. The molecular weight excluding hydrogens is 1300 g/mol. The van der Waals surface area contributed by atoms with Crippen LogP contribution in [0, 0.1) is 12.1 Å². The summed E-state index contributed by atoms with van der Waals surface area (Å²) in [5.74, 6) is -1.81. The van der Waals surface area contributed by atoms with E-state index >= 15 is 0 Å². The molecule has 10 N–H and O–H groups in total. The number of phenolic OH excluding ortho intramolecular Hbond substituents is 3. The van der Waals surface area contributed by atoms with Crippen LogP contribution in [-0.4, -0.2) is 87.8 Å². The molecule has 0 fully saturated rings. The van der Waals surface area contributed by atoms with Crippen molar-refractivity contribution in [3.63, 3.8) is 0 Å². The van der Waals surface area contributed by atoms with Gasteiger partial charge < -0.3 is 20.5 Å². The highest BCUT2D eigenvalue weighted by atomic mass is 32.2. The second kappa shape index (κ2) is 27.0. The van der Waals surface area contributed by atoms with Crippen molar-refractivity contribution in [2.75, 3.05) is 0 Å². The second-order valence-corrected chi connectivity index (χ2v) is 25.0. The highest BCUT2D eigenvalue weighted by Crippen LogP contribution is 2.48. The minimum atomic E-state index is -5.30. The molecule has 8 rings (SSSR count). The number of aromatic hydroxyl groups is 3. The van der Waals surface area contributed by atoms with Gasteiger partial charge in [-0.1, -0.05) is 80.7 Å². The van der Waals surface area contributed by atoms with E-state index in [-0.39, 0.29) is 82.5 Å². The summed E-state index contributed by atoms with van der Waals surface area (Å²) in [6.07, 6.45) is 4.99. The second-order valence-electron chi connectivity index (χ2n) is 17.2. The first-order valence-corrected chi connectivity index (χ1v) is 31.2. The van der Waals surface area contributed by atoms with E-state index in [1.807, 2.05) is 0 Å². The molecule has 0 aromatic heterocycles. The zero-order chi connectivity index (χ0) is 63.2. The van der Waals surface area contributed by atoms with Crippen molar-refractivity contribution >= 4 is 157 Å². The molecule has 87 heavy (non-hydrogen) atoms. The normalized spacial score (nSPS) is 13.0. The average Bonchev–Trinajstić information content (AvgIpc) is 0.871. The summed E-state index contributed by atoms with van der Waals surface area (Å²) in [5, 5.41) is 103. The highest BCUT2D eigenvalue weighted by molar-refractivity contribution is 7.95. The van der Waals surface area contributed by atoms with Gasteiger partial charge in [0, 0.05) is 34.3 Å². The van der Waals surface area contributed by atoms with Gasteiger partial charge in [-0.15, -0.1) is 23.2 Å². The van der Waals surface area contributed by atoms with Crippen LogP contribution in [0.3, 0.4) is 0 Å². The van der Waals surface area contributed by atoms with Crippen molar-refractivity contribution in [1.29, 1.82) is 0 Å². The summed E-state index contributed by atoms with van der Waals surface area (Å²) in [4.78, 5) is -3.30. The number of fused-ring (bicyclic) bond motifs is 2. The van der Waals surface area contributed by atoms with Crippen LogP contribution in [0.5, 0.6) is 17.2 Å². The summed E-state index contributed by atoms with van der Waals surface area (Å²) in [6.45, 7) is 1.72. The molecule has 8 aromatic rings. The Bertz CT molecular complexity index is 4690. The van der Waals surface area contributed by atoms with E-state index in [0.717, 1.165) is 54.6 Å². The summed E-state index contributed by atoms with van der Waals surface area (Å²) >= 11 is 1.25. The predicted molar refractivity (Wildman–Crippen MR) is 308 cm³/mol. The third-order valence-corrected chi connectivity index (χ3v) is 17.4. The number of azo groups is 3. The molecule has 31 nitrogen and oxygen atoms in total. The topological polar surface area (TPSA) is 482 Å². The molecule has 0 saturated heterocycles. The van der Waals surface area contributed by atoms with Gasteiger partial charge in [0.1, 0.15) is 42.4 Å². The summed E-state index contributed by atoms with van der Waals surface area (Å²) in [6, 6.07) is 22.2. The van der Waals surface area contributed by atoms with E-state index in [2.05, 4.69) is 53.7 Å². The van der Waals surface area contributed by atoms with Crippen molar-refractivity contribution in [1.82, 2.24) is 0 Å². The molecule has 8 aromatic carbocycles. The highest BCUT2D eigenvalue weighted by Gasteiger charge is 2.27. The van der Waals surface area contributed by atoms with Crippen molar-refractivity contribution in [3.05, 3.63) is 148 Å². The lowest BCUT2D eigenvalue weighted by molar-refractivity contribution is -0.435. The lowest BCUT2D eigenvalue weighted by atomic mass is 10.0. The van der Waals surface area contributed by atoms with Gasteiger partial charge in [-0.25, -0.2) is 15.8 Å². The molecule has 0 saturated carbocycles. The number of benzene rings is 8. The molecule has 38 heteroatoms. The number of phenols is 3. The maximum absolute atomic E-state index is 13.5. The van der Waals surface area contributed by atoms with E-state index in [0.29, 0.717) is 53.1 Å². The van der Waals surface area contributed by atoms with Crippen LogP contribution in [0.15, 0.2) is 175 Å². The first kappa shape index (κ1) is 65.1. The van der Waals surface area contributed by atoms with E-state index in [9.17, 15) is 72.4 Å². The average molecular weight is 1340 g/mol. The molecule has 0 atom stereocenters. The molecule has 0 radical (unpaired) electrons. The van der Waals surface area contributed by atoms with E-state index in [4.69, 9.17) is 15.8 Å². The zero-order valence-electron chi connectivity index (χ0n) is 42.9.